The third-order valence-corrected chi connectivity index (χ3v) is 6.98. The van der Waals surface area contributed by atoms with Crippen LogP contribution in [-0.2, 0) is 6.42 Å². The average Bonchev–Trinajstić information content (AvgIpc) is 3.24. The van der Waals surface area contributed by atoms with E-state index in [1.165, 1.54) is 33.3 Å². The molecule has 0 aliphatic carbocycles. The molecule has 0 saturated carbocycles. The van der Waals surface area contributed by atoms with Gasteiger partial charge in [-0.1, -0.05) is 6.92 Å². The summed E-state index contributed by atoms with van der Waals surface area (Å²) in [6.07, 6.45) is 3.11. The molecule has 0 bridgehead atoms. The summed E-state index contributed by atoms with van der Waals surface area (Å²) in [6.45, 7) is 9.08. The first-order valence-corrected chi connectivity index (χ1v) is 10.5. The summed E-state index contributed by atoms with van der Waals surface area (Å²) >= 11 is 0. The van der Waals surface area contributed by atoms with E-state index in [0.717, 1.165) is 55.4 Å². The van der Waals surface area contributed by atoms with E-state index in [1.54, 1.807) is 6.07 Å². The van der Waals surface area contributed by atoms with Crippen molar-refractivity contribution in [1.82, 2.24) is 9.80 Å². The highest BCUT2D eigenvalue weighted by Crippen LogP contribution is 2.38. The molecule has 7 heteroatoms. The van der Waals surface area contributed by atoms with E-state index < -0.39 is 0 Å². The smallest absolute Gasteiger partial charge is 0.311 e. The van der Waals surface area contributed by atoms with Gasteiger partial charge in [0.25, 0.3) is 0 Å². The lowest BCUT2D eigenvalue weighted by Crippen LogP contribution is -2.45. The standard InChI is InChI=1S/C21H32N4O3/c1-4-15-9-20(25(26)27)21(28-3)10-19(15)23-7-5-18(6-8-23)24-13-16-11-22(2)12-17(16)14-24/h9-10,16-18H,4-8,11-14H2,1-3H3/t16-,17+. The average molecular weight is 389 g/mol. The van der Waals surface area contributed by atoms with Crippen molar-refractivity contribution in [3.63, 3.8) is 0 Å². The maximum atomic E-state index is 11.3. The fourth-order valence-corrected chi connectivity index (χ4v) is 5.52. The summed E-state index contributed by atoms with van der Waals surface area (Å²) in [6, 6.07) is 4.24. The lowest BCUT2D eigenvalue weighted by molar-refractivity contribution is -0.385. The highest BCUT2D eigenvalue weighted by atomic mass is 16.6. The lowest BCUT2D eigenvalue weighted by Gasteiger charge is -2.39. The van der Waals surface area contributed by atoms with Gasteiger partial charge in [0.1, 0.15) is 0 Å². The molecule has 3 aliphatic heterocycles. The second-order valence-electron chi connectivity index (χ2n) is 8.68. The van der Waals surface area contributed by atoms with Crippen LogP contribution in [0.25, 0.3) is 0 Å². The largest absolute Gasteiger partial charge is 0.490 e. The van der Waals surface area contributed by atoms with Gasteiger partial charge in [-0.3, -0.25) is 15.0 Å². The minimum Gasteiger partial charge on any atom is -0.490 e. The zero-order valence-corrected chi connectivity index (χ0v) is 17.3. The number of anilines is 1. The summed E-state index contributed by atoms with van der Waals surface area (Å²) in [4.78, 5) is 18.6. The molecule has 2 atom stereocenters. The number of benzene rings is 1. The van der Waals surface area contributed by atoms with Crippen LogP contribution in [0.5, 0.6) is 5.75 Å². The summed E-state index contributed by atoms with van der Waals surface area (Å²) < 4.78 is 5.31. The van der Waals surface area contributed by atoms with Gasteiger partial charge in [0.15, 0.2) is 5.75 Å². The predicted molar refractivity (Wildman–Crippen MR) is 110 cm³/mol. The number of methoxy groups -OCH3 is 1. The van der Waals surface area contributed by atoms with Crippen LogP contribution in [0, 0.1) is 22.0 Å². The van der Waals surface area contributed by atoms with Crippen molar-refractivity contribution in [2.45, 2.75) is 32.2 Å². The van der Waals surface area contributed by atoms with Crippen molar-refractivity contribution in [2.24, 2.45) is 11.8 Å². The Labute approximate surface area is 167 Å². The van der Waals surface area contributed by atoms with Crippen molar-refractivity contribution in [2.75, 3.05) is 58.3 Å². The van der Waals surface area contributed by atoms with Crippen molar-refractivity contribution < 1.29 is 9.66 Å². The Hall–Kier alpha value is -1.86. The Bertz CT molecular complexity index is 719. The molecule has 0 radical (unpaired) electrons. The molecule has 1 aromatic carbocycles. The molecular weight excluding hydrogens is 356 g/mol. The molecule has 7 nitrogen and oxygen atoms in total. The molecular formula is C21H32N4O3. The molecule has 28 heavy (non-hydrogen) atoms. The van der Waals surface area contributed by atoms with Crippen LogP contribution in [0.15, 0.2) is 12.1 Å². The van der Waals surface area contributed by atoms with Gasteiger partial charge < -0.3 is 14.5 Å². The first-order chi connectivity index (χ1) is 13.5. The maximum Gasteiger partial charge on any atom is 0.311 e. The van der Waals surface area contributed by atoms with Crippen LogP contribution in [0.1, 0.15) is 25.3 Å². The van der Waals surface area contributed by atoms with Crippen LogP contribution in [-0.4, -0.2) is 74.2 Å². The third-order valence-electron chi connectivity index (χ3n) is 6.98. The van der Waals surface area contributed by atoms with Gasteiger partial charge in [0.05, 0.1) is 12.0 Å². The van der Waals surface area contributed by atoms with E-state index in [1.807, 2.05) is 6.07 Å². The number of aryl methyl sites for hydroxylation is 1. The summed E-state index contributed by atoms with van der Waals surface area (Å²) in [5, 5.41) is 11.3. The molecule has 0 spiro atoms. The number of nitro groups is 1. The Morgan fingerprint density at radius 3 is 2.32 bits per heavy atom. The number of nitro benzene ring substituents is 1. The van der Waals surface area contributed by atoms with Crippen LogP contribution in [0.2, 0.25) is 0 Å². The molecule has 0 aromatic heterocycles. The number of rotatable bonds is 5. The minimum atomic E-state index is -0.352. The number of likely N-dealkylation sites (tertiary alicyclic amines) is 2. The Morgan fingerprint density at radius 1 is 1.14 bits per heavy atom. The minimum absolute atomic E-state index is 0.0616. The van der Waals surface area contributed by atoms with E-state index in [4.69, 9.17) is 4.74 Å². The van der Waals surface area contributed by atoms with Crippen LogP contribution in [0.4, 0.5) is 11.4 Å². The first-order valence-electron chi connectivity index (χ1n) is 10.5. The van der Waals surface area contributed by atoms with Gasteiger partial charge in [0, 0.05) is 63.1 Å². The summed E-state index contributed by atoms with van der Waals surface area (Å²) in [5.74, 6) is 2.07. The van der Waals surface area contributed by atoms with Crippen molar-refractivity contribution >= 4 is 11.4 Å². The Morgan fingerprint density at radius 2 is 1.79 bits per heavy atom. The molecule has 1 aromatic rings. The van der Waals surface area contributed by atoms with Crippen LogP contribution < -0.4 is 9.64 Å². The maximum absolute atomic E-state index is 11.3. The normalized spacial score (nSPS) is 26.6. The SMILES string of the molecule is CCc1cc([N+](=O)[O-])c(OC)cc1N1CCC(N2C[C@H]3CN(C)C[C@H]3C2)CC1. The fourth-order valence-electron chi connectivity index (χ4n) is 5.52. The lowest BCUT2D eigenvalue weighted by atomic mass is 10.00. The molecule has 0 N–H and O–H groups in total. The van der Waals surface area contributed by atoms with E-state index in [-0.39, 0.29) is 10.6 Å². The molecule has 0 unspecified atom stereocenters. The fraction of sp³-hybridized carbons (Fsp3) is 0.714. The van der Waals surface area contributed by atoms with E-state index in [9.17, 15) is 10.1 Å². The number of hydrogen-bond acceptors (Lipinski definition) is 6. The zero-order chi connectivity index (χ0) is 19.8. The van der Waals surface area contributed by atoms with Gasteiger partial charge in [-0.05, 0) is 43.7 Å². The summed E-state index contributed by atoms with van der Waals surface area (Å²) in [5.41, 5.74) is 2.19. The number of nitrogens with zero attached hydrogens (tertiary/aromatic N) is 4. The summed E-state index contributed by atoms with van der Waals surface area (Å²) in [7, 11) is 3.75. The quantitative estimate of drug-likeness (QED) is 0.571. The molecule has 154 valence electrons. The monoisotopic (exact) mass is 388 g/mol. The van der Waals surface area contributed by atoms with Gasteiger partial charge in [-0.25, -0.2) is 0 Å². The van der Waals surface area contributed by atoms with Gasteiger partial charge >= 0.3 is 5.69 Å². The molecule has 3 fully saturated rings. The number of ether oxygens (including phenoxy) is 1. The highest BCUT2D eigenvalue weighted by Gasteiger charge is 2.41. The number of hydrogen-bond donors (Lipinski definition) is 0. The van der Waals surface area contributed by atoms with Gasteiger partial charge in [-0.2, -0.15) is 0 Å². The number of fused-ring (bicyclic) bond motifs is 1. The molecule has 4 rings (SSSR count). The van der Waals surface area contributed by atoms with Gasteiger partial charge in [0.2, 0.25) is 0 Å². The zero-order valence-electron chi connectivity index (χ0n) is 17.3. The second-order valence-corrected chi connectivity index (χ2v) is 8.68. The van der Waals surface area contributed by atoms with E-state index >= 15 is 0 Å². The van der Waals surface area contributed by atoms with E-state index in [2.05, 4.69) is 28.7 Å². The second kappa shape index (κ2) is 7.87. The van der Waals surface area contributed by atoms with Crippen molar-refractivity contribution in [3.8, 4) is 5.75 Å². The Balaban J connectivity index is 1.43. The molecule has 3 aliphatic rings. The van der Waals surface area contributed by atoms with Crippen LogP contribution >= 0.6 is 0 Å². The molecule has 3 heterocycles. The van der Waals surface area contributed by atoms with Crippen molar-refractivity contribution in [1.29, 1.82) is 0 Å². The van der Waals surface area contributed by atoms with E-state index in [0.29, 0.717) is 11.8 Å². The molecule has 3 saturated heterocycles. The van der Waals surface area contributed by atoms with Gasteiger partial charge in [-0.15, -0.1) is 0 Å². The topological polar surface area (TPSA) is 62.1 Å². The van der Waals surface area contributed by atoms with Crippen molar-refractivity contribution in [3.05, 3.63) is 27.8 Å². The molecule has 0 amide bonds. The third kappa shape index (κ3) is 3.57. The Kier molecular flexibility index (Phi) is 5.47. The first kappa shape index (κ1) is 19.5. The highest BCUT2D eigenvalue weighted by molar-refractivity contribution is 5.64. The number of piperidine rings is 1. The predicted octanol–water partition coefficient (Wildman–Crippen LogP) is 2.63. The van der Waals surface area contributed by atoms with Crippen LogP contribution in [0.3, 0.4) is 0 Å².